The van der Waals surface area contributed by atoms with Crippen LogP contribution >= 0.6 is 0 Å². The van der Waals surface area contributed by atoms with Crippen molar-refractivity contribution in [3.8, 4) is 11.5 Å². The molecule has 7 heteroatoms. The third-order valence-electron chi connectivity index (χ3n) is 3.34. The zero-order valence-corrected chi connectivity index (χ0v) is 13.1. The molecule has 0 fully saturated rings. The first-order valence-electron chi connectivity index (χ1n) is 6.85. The summed E-state index contributed by atoms with van der Waals surface area (Å²) in [5.74, 6) is 1.13. The Morgan fingerprint density at radius 2 is 2.00 bits per heavy atom. The Balaban J connectivity index is 2.01. The summed E-state index contributed by atoms with van der Waals surface area (Å²) in [6.45, 7) is 3.97. The van der Waals surface area contributed by atoms with Gasteiger partial charge in [-0.05, 0) is 29.7 Å². The molecule has 2 aromatic rings. The Morgan fingerprint density at radius 3 is 2.77 bits per heavy atom. The standard InChI is InChI=1S/C15H16N2O4S/c1-10(2)11-5-4-8-16-15(11)17-22(18,19)13-7-3-6-12-14(13)21-9-20-12/h3-8,10H,9H2,1-2H3,(H,16,17). The molecule has 0 aliphatic carbocycles. The quantitative estimate of drug-likeness (QED) is 0.937. The Kier molecular flexibility index (Phi) is 3.66. The smallest absolute Gasteiger partial charge is 0.266 e. The van der Waals surface area contributed by atoms with Crippen LogP contribution in [0.15, 0.2) is 41.4 Å². The van der Waals surface area contributed by atoms with Gasteiger partial charge in [0, 0.05) is 6.20 Å². The van der Waals surface area contributed by atoms with Gasteiger partial charge in [-0.2, -0.15) is 0 Å². The van der Waals surface area contributed by atoms with Crippen LogP contribution < -0.4 is 14.2 Å². The monoisotopic (exact) mass is 320 g/mol. The number of rotatable bonds is 4. The molecule has 1 aliphatic rings. The van der Waals surface area contributed by atoms with Crippen LogP contribution in [-0.2, 0) is 10.0 Å². The highest BCUT2D eigenvalue weighted by atomic mass is 32.2. The molecular formula is C15H16N2O4S. The number of benzene rings is 1. The van der Waals surface area contributed by atoms with Crippen molar-refractivity contribution in [1.29, 1.82) is 0 Å². The third kappa shape index (κ3) is 2.59. The highest BCUT2D eigenvalue weighted by Crippen LogP contribution is 2.38. The minimum absolute atomic E-state index is 0.0166. The van der Waals surface area contributed by atoms with Crippen LogP contribution in [0.5, 0.6) is 11.5 Å². The zero-order chi connectivity index (χ0) is 15.7. The maximum atomic E-state index is 12.6. The van der Waals surface area contributed by atoms with Gasteiger partial charge in [0.25, 0.3) is 10.0 Å². The van der Waals surface area contributed by atoms with Crippen molar-refractivity contribution < 1.29 is 17.9 Å². The first-order valence-corrected chi connectivity index (χ1v) is 8.33. The third-order valence-corrected chi connectivity index (χ3v) is 4.70. The van der Waals surface area contributed by atoms with Gasteiger partial charge in [-0.1, -0.05) is 26.0 Å². The number of ether oxygens (including phenoxy) is 2. The van der Waals surface area contributed by atoms with Gasteiger partial charge >= 0.3 is 0 Å². The molecule has 1 aliphatic heterocycles. The molecule has 0 unspecified atom stereocenters. The van der Waals surface area contributed by atoms with Crippen LogP contribution in [0.3, 0.4) is 0 Å². The predicted octanol–water partition coefficient (Wildman–Crippen LogP) is 2.73. The van der Waals surface area contributed by atoms with E-state index in [2.05, 4.69) is 9.71 Å². The molecule has 0 spiro atoms. The largest absolute Gasteiger partial charge is 0.454 e. The summed E-state index contributed by atoms with van der Waals surface area (Å²) >= 11 is 0. The number of nitrogens with zero attached hydrogens (tertiary/aromatic N) is 1. The van der Waals surface area contributed by atoms with E-state index in [1.165, 1.54) is 6.07 Å². The first kappa shape index (κ1) is 14.6. The Labute approximate surface area is 129 Å². The Morgan fingerprint density at radius 1 is 1.18 bits per heavy atom. The van der Waals surface area contributed by atoms with E-state index in [4.69, 9.17) is 9.47 Å². The van der Waals surface area contributed by atoms with Gasteiger partial charge in [0.2, 0.25) is 6.79 Å². The highest BCUT2D eigenvalue weighted by molar-refractivity contribution is 7.92. The first-order chi connectivity index (χ1) is 10.5. The topological polar surface area (TPSA) is 77.5 Å². The average Bonchev–Trinajstić information content (AvgIpc) is 2.95. The number of para-hydroxylation sites is 1. The van der Waals surface area contributed by atoms with E-state index < -0.39 is 10.0 Å². The summed E-state index contributed by atoms with van der Waals surface area (Å²) in [5.41, 5.74) is 0.829. The molecule has 22 heavy (non-hydrogen) atoms. The lowest BCUT2D eigenvalue weighted by Crippen LogP contribution is -2.16. The van der Waals surface area contributed by atoms with Crippen LogP contribution in [0.4, 0.5) is 5.82 Å². The molecule has 0 atom stereocenters. The molecule has 1 aromatic heterocycles. The normalized spacial score (nSPS) is 13.4. The molecule has 0 saturated heterocycles. The lowest BCUT2D eigenvalue weighted by atomic mass is 10.1. The lowest BCUT2D eigenvalue weighted by Gasteiger charge is -2.14. The number of fused-ring (bicyclic) bond motifs is 1. The summed E-state index contributed by atoms with van der Waals surface area (Å²) in [6, 6.07) is 8.40. The second-order valence-electron chi connectivity index (χ2n) is 5.19. The number of anilines is 1. The van der Waals surface area contributed by atoms with Crippen molar-refractivity contribution >= 4 is 15.8 Å². The molecular weight excluding hydrogens is 304 g/mol. The summed E-state index contributed by atoms with van der Waals surface area (Å²) in [7, 11) is -3.81. The van der Waals surface area contributed by atoms with Gasteiger partial charge in [0.1, 0.15) is 10.7 Å². The molecule has 0 amide bonds. The lowest BCUT2D eigenvalue weighted by molar-refractivity contribution is 0.172. The van der Waals surface area contributed by atoms with Gasteiger partial charge < -0.3 is 9.47 Å². The van der Waals surface area contributed by atoms with Crippen molar-refractivity contribution in [3.63, 3.8) is 0 Å². The van der Waals surface area contributed by atoms with Gasteiger partial charge in [0.15, 0.2) is 11.5 Å². The van der Waals surface area contributed by atoms with Crippen LogP contribution in [0.1, 0.15) is 25.3 Å². The average molecular weight is 320 g/mol. The molecule has 1 N–H and O–H groups in total. The van der Waals surface area contributed by atoms with Gasteiger partial charge in [-0.15, -0.1) is 0 Å². The van der Waals surface area contributed by atoms with Crippen molar-refractivity contribution in [2.24, 2.45) is 0 Å². The SMILES string of the molecule is CC(C)c1cccnc1NS(=O)(=O)c1cccc2c1OCO2. The van der Waals surface area contributed by atoms with Crippen LogP contribution in [-0.4, -0.2) is 20.2 Å². The molecule has 2 heterocycles. The predicted molar refractivity (Wildman–Crippen MR) is 81.7 cm³/mol. The van der Waals surface area contributed by atoms with Crippen molar-refractivity contribution in [2.75, 3.05) is 11.5 Å². The van der Waals surface area contributed by atoms with E-state index in [9.17, 15) is 8.42 Å². The van der Waals surface area contributed by atoms with E-state index in [0.29, 0.717) is 11.6 Å². The molecule has 6 nitrogen and oxygen atoms in total. The Hall–Kier alpha value is -2.28. The Bertz CT molecular complexity index is 803. The molecule has 0 saturated carbocycles. The summed E-state index contributed by atoms with van der Waals surface area (Å²) in [4.78, 5) is 4.19. The number of hydrogen-bond acceptors (Lipinski definition) is 5. The van der Waals surface area contributed by atoms with Gasteiger partial charge in [-0.25, -0.2) is 13.4 Å². The fourth-order valence-corrected chi connectivity index (χ4v) is 3.46. The van der Waals surface area contributed by atoms with E-state index in [1.807, 2.05) is 19.9 Å². The number of aromatic nitrogens is 1. The zero-order valence-electron chi connectivity index (χ0n) is 12.2. The van der Waals surface area contributed by atoms with Crippen molar-refractivity contribution in [2.45, 2.75) is 24.7 Å². The molecule has 116 valence electrons. The highest BCUT2D eigenvalue weighted by Gasteiger charge is 2.27. The van der Waals surface area contributed by atoms with E-state index in [1.54, 1.807) is 24.4 Å². The summed E-state index contributed by atoms with van der Waals surface area (Å²) in [5, 5.41) is 0. The van der Waals surface area contributed by atoms with Gasteiger partial charge in [0.05, 0.1) is 0 Å². The number of nitrogens with one attached hydrogen (secondary N) is 1. The van der Waals surface area contributed by atoms with Crippen molar-refractivity contribution in [3.05, 3.63) is 42.1 Å². The van der Waals surface area contributed by atoms with E-state index in [-0.39, 0.29) is 23.4 Å². The van der Waals surface area contributed by atoms with Crippen LogP contribution in [0, 0.1) is 0 Å². The number of hydrogen-bond donors (Lipinski definition) is 1. The fraction of sp³-hybridized carbons (Fsp3) is 0.267. The second-order valence-corrected chi connectivity index (χ2v) is 6.84. The molecule has 3 rings (SSSR count). The second kappa shape index (κ2) is 5.49. The van der Waals surface area contributed by atoms with Crippen LogP contribution in [0.25, 0.3) is 0 Å². The minimum atomic E-state index is -3.81. The van der Waals surface area contributed by atoms with Gasteiger partial charge in [-0.3, -0.25) is 4.72 Å². The number of sulfonamides is 1. The molecule has 0 radical (unpaired) electrons. The molecule has 1 aromatic carbocycles. The number of pyridine rings is 1. The maximum Gasteiger partial charge on any atom is 0.266 e. The minimum Gasteiger partial charge on any atom is -0.454 e. The van der Waals surface area contributed by atoms with E-state index in [0.717, 1.165) is 5.56 Å². The molecule has 0 bridgehead atoms. The van der Waals surface area contributed by atoms with E-state index >= 15 is 0 Å². The summed E-state index contributed by atoms with van der Waals surface area (Å²) < 4.78 is 38.3. The van der Waals surface area contributed by atoms with Crippen LogP contribution in [0.2, 0.25) is 0 Å². The van der Waals surface area contributed by atoms with Crippen molar-refractivity contribution in [1.82, 2.24) is 4.98 Å². The summed E-state index contributed by atoms with van der Waals surface area (Å²) in [6.07, 6.45) is 1.55. The fourth-order valence-electron chi connectivity index (χ4n) is 2.27. The maximum absolute atomic E-state index is 12.6.